The topological polar surface area (TPSA) is 67.6 Å². The van der Waals surface area contributed by atoms with Gasteiger partial charge in [0, 0.05) is 30.9 Å². The van der Waals surface area contributed by atoms with E-state index in [1.807, 2.05) is 6.92 Å². The highest BCUT2D eigenvalue weighted by molar-refractivity contribution is 5.68. The van der Waals surface area contributed by atoms with Crippen molar-refractivity contribution in [3.05, 3.63) is 63.7 Å². The van der Waals surface area contributed by atoms with Gasteiger partial charge in [0.25, 0.3) is 0 Å². The molecule has 4 rings (SSSR count). The molecule has 38 heavy (non-hydrogen) atoms. The fourth-order valence-corrected chi connectivity index (χ4v) is 6.22. The van der Waals surface area contributed by atoms with Gasteiger partial charge in [-0.05, 0) is 99.2 Å². The summed E-state index contributed by atoms with van der Waals surface area (Å²) in [4.78, 5) is 16.1. The highest BCUT2D eigenvalue weighted by Gasteiger charge is 2.33. The van der Waals surface area contributed by atoms with Gasteiger partial charge in [-0.3, -0.25) is 4.90 Å². The van der Waals surface area contributed by atoms with E-state index in [1.165, 1.54) is 47.8 Å². The Morgan fingerprint density at radius 3 is 2.47 bits per heavy atom. The zero-order valence-corrected chi connectivity index (χ0v) is 22.2. The Labute approximate surface area is 222 Å². The molecular weight excluding hydrogens is 491 g/mol. The number of carbonyl (C=O) groups is 1. The number of benzene rings is 2. The smallest absolute Gasteiger partial charge is 0.416 e. The molecule has 1 N–H and O–H groups in total. The third-order valence-corrected chi connectivity index (χ3v) is 8.16. The van der Waals surface area contributed by atoms with E-state index in [4.69, 9.17) is 0 Å². The maximum atomic E-state index is 13.5. The number of carboxylic acid groups (broad SMARTS) is 1. The second-order valence-corrected chi connectivity index (χ2v) is 10.6. The molecule has 2 aliphatic carbocycles. The van der Waals surface area contributed by atoms with Crippen LogP contribution in [0.15, 0.2) is 30.3 Å². The molecule has 2 aromatic carbocycles. The number of alkyl halides is 3. The molecule has 0 saturated heterocycles. The molecular formula is C30H36F3N3O2. The Kier molecular flexibility index (Phi) is 8.54. The van der Waals surface area contributed by atoms with E-state index >= 15 is 0 Å². The van der Waals surface area contributed by atoms with Crippen molar-refractivity contribution < 1.29 is 23.1 Å². The summed E-state index contributed by atoms with van der Waals surface area (Å²) in [6.07, 6.45) is 2.96. The third kappa shape index (κ3) is 6.09. The lowest BCUT2D eigenvalue weighted by atomic mass is 9.84. The van der Waals surface area contributed by atoms with Gasteiger partial charge in [-0.25, -0.2) is 4.79 Å². The normalized spacial score (nSPS) is 16.5. The van der Waals surface area contributed by atoms with Gasteiger partial charge in [-0.1, -0.05) is 18.9 Å². The lowest BCUT2D eigenvalue weighted by Crippen LogP contribution is -2.35. The van der Waals surface area contributed by atoms with Crippen LogP contribution in [0.5, 0.6) is 0 Å². The van der Waals surface area contributed by atoms with Gasteiger partial charge in [-0.15, -0.1) is 0 Å². The highest BCUT2D eigenvalue weighted by Crippen LogP contribution is 2.40. The lowest BCUT2D eigenvalue weighted by molar-refractivity contribution is -0.137. The van der Waals surface area contributed by atoms with E-state index in [2.05, 4.69) is 24.0 Å². The minimum absolute atomic E-state index is 0.140. The Hall–Kier alpha value is -3.21. The summed E-state index contributed by atoms with van der Waals surface area (Å²) >= 11 is 0. The van der Waals surface area contributed by atoms with Crippen molar-refractivity contribution in [3.63, 3.8) is 0 Å². The van der Waals surface area contributed by atoms with Gasteiger partial charge in [0.2, 0.25) is 0 Å². The zero-order chi connectivity index (χ0) is 27.4. The Bertz CT molecular complexity index is 1200. The van der Waals surface area contributed by atoms with Gasteiger partial charge in [0.1, 0.15) is 0 Å². The first-order valence-corrected chi connectivity index (χ1v) is 13.6. The number of aryl methyl sites for hydroxylation is 1. The Balaban J connectivity index is 1.75. The lowest BCUT2D eigenvalue weighted by Gasteiger charge is -2.36. The number of nitrogens with zero attached hydrogens (tertiary/aromatic N) is 3. The molecule has 0 radical (unpaired) electrons. The average molecular weight is 528 g/mol. The molecule has 1 unspecified atom stereocenters. The van der Waals surface area contributed by atoms with Gasteiger partial charge in [0.05, 0.1) is 23.2 Å². The fourth-order valence-electron chi connectivity index (χ4n) is 6.22. The molecule has 1 saturated carbocycles. The van der Waals surface area contributed by atoms with Gasteiger partial charge >= 0.3 is 12.3 Å². The molecule has 2 aromatic rings. The van der Waals surface area contributed by atoms with Crippen molar-refractivity contribution in [2.75, 3.05) is 18.0 Å². The molecule has 1 amide bonds. The molecule has 2 aliphatic rings. The molecule has 0 aromatic heterocycles. The molecule has 0 aliphatic heterocycles. The molecule has 1 fully saturated rings. The van der Waals surface area contributed by atoms with Crippen molar-refractivity contribution in [3.8, 4) is 6.07 Å². The second kappa shape index (κ2) is 11.7. The maximum Gasteiger partial charge on any atom is 0.416 e. The summed E-state index contributed by atoms with van der Waals surface area (Å²) in [5.41, 5.74) is 3.47. The molecule has 5 nitrogen and oxygen atoms in total. The number of fused-ring (bicyclic) bond motifs is 1. The first-order valence-electron chi connectivity index (χ1n) is 13.6. The number of hydrogen-bond acceptors (Lipinski definition) is 3. The summed E-state index contributed by atoms with van der Waals surface area (Å²) in [5.74, 6) is 0.610. The number of rotatable bonds is 8. The summed E-state index contributed by atoms with van der Waals surface area (Å²) in [7, 11) is 0. The van der Waals surface area contributed by atoms with E-state index < -0.39 is 23.9 Å². The van der Waals surface area contributed by atoms with Crippen LogP contribution < -0.4 is 4.90 Å². The van der Waals surface area contributed by atoms with Crippen LogP contribution >= 0.6 is 0 Å². The van der Waals surface area contributed by atoms with E-state index in [-0.39, 0.29) is 17.7 Å². The van der Waals surface area contributed by atoms with Gasteiger partial charge in [-0.2, -0.15) is 18.4 Å². The van der Waals surface area contributed by atoms with E-state index in [0.29, 0.717) is 5.92 Å². The number of halogens is 3. The summed E-state index contributed by atoms with van der Waals surface area (Å²) in [6, 6.07) is 8.58. The van der Waals surface area contributed by atoms with Crippen molar-refractivity contribution >= 4 is 11.8 Å². The van der Waals surface area contributed by atoms with Crippen LogP contribution in [-0.2, 0) is 25.6 Å². The molecule has 0 heterocycles. The van der Waals surface area contributed by atoms with Crippen LogP contribution in [-0.4, -0.2) is 29.2 Å². The molecule has 204 valence electrons. The van der Waals surface area contributed by atoms with Crippen LogP contribution in [0.2, 0.25) is 0 Å². The first kappa shape index (κ1) is 27.8. The number of amides is 1. The first-order chi connectivity index (χ1) is 18.1. The van der Waals surface area contributed by atoms with Gasteiger partial charge in [0.15, 0.2) is 0 Å². The quantitative estimate of drug-likeness (QED) is 0.382. The van der Waals surface area contributed by atoms with Crippen LogP contribution in [0.1, 0.15) is 91.8 Å². The van der Waals surface area contributed by atoms with E-state index in [0.717, 1.165) is 62.2 Å². The van der Waals surface area contributed by atoms with Crippen LogP contribution in [0, 0.1) is 17.2 Å². The van der Waals surface area contributed by atoms with Crippen molar-refractivity contribution in [2.24, 2.45) is 5.92 Å². The molecule has 0 bridgehead atoms. The molecule has 1 atom stereocenters. The summed E-state index contributed by atoms with van der Waals surface area (Å²) in [5, 5.41) is 19.6. The van der Waals surface area contributed by atoms with E-state index in [1.54, 1.807) is 6.07 Å². The number of hydrogen-bond donors (Lipinski definition) is 1. The zero-order valence-electron chi connectivity index (χ0n) is 22.2. The summed E-state index contributed by atoms with van der Waals surface area (Å²) in [6.45, 7) is 5.42. The maximum absolute atomic E-state index is 13.5. The number of nitriles is 1. The number of anilines is 1. The highest BCUT2D eigenvalue weighted by atomic mass is 19.4. The van der Waals surface area contributed by atoms with E-state index in [9.17, 15) is 28.3 Å². The molecule has 8 heteroatoms. The minimum Gasteiger partial charge on any atom is -0.465 e. The van der Waals surface area contributed by atoms with Crippen molar-refractivity contribution in [1.82, 2.24) is 4.90 Å². The SMILES string of the molecule is CCN(CC1CCCC1)c1ccc2c(c1C(C)N(Cc1cc(C#N)cc(C(F)(F)F)c1)C(=O)O)CCCC2. The fraction of sp³-hybridized carbons (Fsp3) is 0.533. The Morgan fingerprint density at radius 1 is 1.13 bits per heavy atom. The van der Waals surface area contributed by atoms with Gasteiger partial charge < -0.3 is 10.0 Å². The van der Waals surface area contributed by atoms with Crippen LogP contribution in [0.25, 0.3) is 0 Å². The van der Waals surface area contributed by atoms with Crippen molar-refractivity contribution in [1.29, 1.82) is 5.26 Å². The average Bonchev–Trinajstić information content (AvgIpc) is 3.42. The predicted octanol–water partition coefficient (Wildman–Crippen LogP) is 7.71. The Morgan fingerprint density at radius 2 is 1.84 bits per heavy atom. The summed E-state index contributed by atoms with van der Waals surface area (Å²) < 4.78 is 40.5. The largest absolute Gasteiger partial charge is 0.465 e. The molecule has 0 spiro atoms. The van der Waals surface area contributed by atoms with Crippen LogP contribution in [0.3, 0.4) is 0 Å². The predicted molar refractivity (Wildman–Crippen MR) is 141 cm³/mol. The van der Waals surface area contributed by atoms with Crippen molar-refractivity contribution in [2.45, 2.75) is 84.0 Å². The second-order valence-electron chi connectivity index (χ2n) is 10.6. The van der Waals surface area contributed by atoms with Crippen LogP contribution in [0.4, 0.5) is 23.7 Å². The third-order valence-electron chi connectivity index (χ3n) is 8.16. The monoisotopic (exact) mass is 527 g/mol. The minimum atomic E-state index is -4.63. The standard InChI is InChI=1S/C30H36F3N3O2/c1-3-35(18-21-8-4-5-9-21)27-13-12-24-10-6-7-11-26(24)28(27)20(2)36(29(37)38)19-23-14-22(17-34)15-25(16-23)30(31,32)33/h12-16,20-21H,3-11,18-19H2,1-2H3,(H,37,38).